The molecule has 0 aliphatic carbocycles. The number of carbonyl (C=O) groups is 4. The summed E-state index contributed by atoms with van der Waals surface area (Å²) in [7, 11) is 7.05. The van der Waals surface area contributed by atoms with Gasteiger partial charge in [0.05, 0.1) is 0 Å². The fourth-order valence-corrected chi connectivity index (χ4v) is 4.74. The van der Waals surface area contributed by atoms with Crippen LogP contribution in [0.5, 0.6) is 0 Å². The van der Waals surface area contributed by atoms with Crippen LogP contribution in [-0.4, -0.2) is 78.7 Å². The minimum Gasteiger partial charge on any atom is -0.358 e. The van der Waals surface area contributed by atoms with Gasteiger partial charge in [0.2, 0.25) is 24.6 Å². The average molecular weight is 476 g/mol. The first-order valence-electron chi connectivity index (χ1n) is 8.15. The highest BCUT2D eigenvalue weighted by atomic mass is 33.1. The summed E-state index contributed by atoms with van der Waals surface area (Å²) in [5.41, 5.74) is 15.8. The highest BCUT2D eigenvalue weighted by Gasteiger charge is 2.27. The normalized spacial score (nSPS) is 12.2. The summed E-state index contributed by atoms with van der Waals surface area (Å²) in [5.74, 6) is 3.20. The van der Waals surface area contributed by atoms with Crippen molar-refractivity contribution in [3.05, 3.63) is 0 Å². The van der Waals surface area contributed by atoms with Crippen LogP contribution in [-0.2, 0) is 19.2 Å². The Morgan fingerprint density at radius 1 is 0.821 bits per heavy atom. The summed E-state index contributed by atoms with van der Waals surface area (Å²) in [6.07, 6.45) is 1.33. The molecule has 28 heavy (non-hydrogen) atoms. The number of nitrogens with two attached hydrogens (primary N) is 3. The molecule has 0 aromatic heterocycles. The number of hydrogen-bond acceptors (Lipinski definition) is 11. The molecular formula is C15H33N5O4S4. The number of hydrogen-bond donors (Lipinski definition) is 4. The first-order valence-corrected chi connectivity index (χ1v) is 13.1. The molecule has 7 N–H and O–H groups in total. The summed E-state index contributed by atoms with van der Waals surface area (Å²) in [6, 6.07) is 0. The molecule has 1 aliphatic heterocycles. The Hall–Kier alpha value is -0.440. The minimum atomic E-state index is -0.394. The van der Waals surface area contributed by atoms with Gasteiger partial charge in [-0.05, 0) is 0 Å². The van der Waals surface area contributed by atoms with Gasteiger partial charge in [0.1, 0.15) is 0 Å². The summed E-state index contributed by atoms with van der Waals surface area (Å²) in [6.45, 7) is 3.00. The van der Waals surface area contributed by atoms with Gasteiger partial charge in [-0.25, -0.2) is 4.90 Å². The summed E-state index contributed by atoms with van der Waals surface area (Å²) in [4.78, 5) is 41.2. The van der Waals surface area contributed by atoms with Gasteiger partial charge in [-0.2, -0.15) is 0 Å². The van der Waals surface area contributed by atoms with Gasteiger partial charge in [0.25, 0.3) is 0 Å². The van der Waals surface area contributed by atoms with Crippen molar-refractivity contribution in [3.63, 3.8) is 0 Å². The third-order valence-electron chi connectivity index (χ3n) is 2.38. The smallest absolute Gasteiger partial charge is 0.236 e. The fraction of sp³-hybridized carbons (Fsp3) is 0.733. The topological polar surface area (TPSA) is 162 Å². The predicted molar refractivity (Wildman–Crippen MR) is 125 cm³/mol. The zero-order valence-electron chi connectivity index (χ0n) is 15.2. The summed E-state index contributed by atoms with van der Waals surface area (Å²) < 4.78 is 0. The van der Waals surface area contributed by atoms with Crippen LogP contribution in [0.25, 0.3) is 0 Å². The second-order valence-electron chi connectivity index (χ2n) is 4.49. The number of carbonyl (C=O) groups excluding carboxylic acids is 4. The number of imide groups is 3. The molecule has 13 heteroatoms. The molecule has 0 spiro atoms. The van der Waals surface area contributed by atoms with Crippen molar-refractivity contribution in [2.75, 3.05) is 49.2 Å². The van der Waals surface area contributed by atoms with E-state index in [1.807, 2.05) is 0 Å². The van der Waals surface area contributed by atoms with E-state index in [9.17, 15) is 19.2 Å². The van der Waals surface area contributed by atoms with E-state index in [4.69, 9.17) is 17.2 Å². The van der Waals surface area contributed by atoms with E-state index < -0.39 is 11.8 Å². The number of rotatable bonds is 13. The Labute approximate surface area is 183 Å². The van der Waals surface area contributed by atoms with Crippen molar-refractivity contribution in [1.82, 2.24) is 10.2 Å². The number of amides is 4. The maximum Gasteiger partial charge on any atom is 0.236 e. The molecule has 166 valence electrons. The number of nitrogens with one attached hydrogen (secondary N) is 1. The van der Waals surface area contributed by atoms with E-state index in [-0.39, 0.29) is 26.7 Å². The summed E-state index contributed by atoms with van der Waals surface area (Å²) in [5, 5.41) is 2.58. The lowest BCUT2D eigenvalue weighted by Gasteiger charge is -1.99. The molecule has 0 aromatic carbocycles. The van der Waals surface area contributed by atoms with Crippen molar-refractivity contribution in [2.24, 2.45) is 17.2 Å². The largest absolute Gasteiger partial charge is 0.358 e. The zero-order valence-corrected chi connectivity index (χ0v) is 18.4. The monoisotopic (exact) mass is 475 g/mol. The third kappa shape index (κ3) is 21.9. The molecule has 0 radical (unpaired) electrons. The average Bonchev–Trinajstić information content (AvgIpc) is 3.00. The van der Waals surface area contributed by atoms with E-state index in [1.165, 1.54) is 0 Å². The van der Waals surface area contributed by atoms with E-state index in [0.29, 0.717) is 11.3 Å². The van der Waals surface area contributed by atoms with E-state index in [2.05, 4.69) is 5.32 Å². The fourth-order valence-electron chi connectivity index (χ4n) is 1.25. The first kappa shape index (κ1) is 32.2. The van der Waals surface area contributed by atoms with Crippen LogP contribution < -0.4 is 22.5 Å². The second-order valence-corrected chi connectivity index (χ2v) is 9.89. The molecule has 0 unspecified atom stereocenters. The number of likely N-dealkylation sites (tertiary alicyclic amines) is 1. The molecule has 1 saturated heterocycles. The first-order chi connectivity index (χ1) is 13.1. The second kappa shape index (κ2) is 26.6. The van der Waals surface area contributed by atoms with Gasteiger partial charge >= 0.3 is 0 Å². The van der Waals surface area contributed by atoms with Gasteiger partial charge < -0.3 is 22.5 Å². The van der Waals surface area contributed by atoms with Gasteiger partial charge in [-0.3, -0.25) is 19.2 Å². The van der Waals surface area contributed by atoms with Crippen molar-refractivity contribution in [3.8, 4) is 0 Å². The van der Waals surface area contributed by atoms with Crippen LogP contribution in [0.3, 0.4) is 0 Å². The Morgan fingerprint density at radius 2 is 1.21 bits per heavy atom. The van der Waals surface area contributed by atoms with Crippen LogP contribution in [0, 0.1) is 0 Å². The van der Waals surface area contributed by atoms with Gasteiger partial charge in [0.15, 0.2) is 0 Å². The van der Waals surface area contributed by atoms with Crippen LogP contribution in [0.15, 0.2) is 0 Å². The zero-order chi connectivity index (χ0) is 20.8. The van der Waals surface area contributed by atoms with Crippen molar-refractivity contribution >= 4 is 67.8 Å². The van der Waals surface area contributed by atoms with Crippen molar-refractivity contribution in [1.29, 1.82) is 0 Å². The van der Waals surface area contributed by atoms with Crippen molar-refractivity contribution in [2.45, 2.75) is 20.3 Å². The van der Waals surface area contributed by atoms with Gasteiger partial charge in [-0.15, -0.1) is 0 Å². The Balaban J connectivity index is -0.000000331. The highest BCUT2D eigenvalue weighted by molar-refractivity contribution is 8.77. The molecule has 1 fully saturated rings. The number of nitrogens with zero attached hydrogens (tertiary/aromatic N) is 1. The molecule has 9 nitrogen and oxygen atoms in total. The molecule has 0 atom stereocenters. The molecule has 1 heterocycles. The van der Waals surface area contributed by atoms with Crippen LogP contribution >= 0.6 is 43.2 Å². The van der Waals surface area contributed by atoms with Gasteiger partial charge in [0, 0.05) is 62.0 Å². The van der Waals surface area contributed by atoms with E-state index in [1.54, 1.807) is 43.2 Å². The summed E-state index contributed by atoms with van der Waals surface area (Å²) >= 11 is 0. The van der Waals surface area contributed by atoms with Crippen molar-refractivity contribution < 1.29 is 19.2 Å². The quantitative estimate of drug-likeness (QED) is 0.125. The minimum absolute atomic E-state index is 0. The molecule has 0 aromatic rings. The molecule has 1 rings (SSSR count). The lowest BCUT2D eigenvalue weighted by molar-refractivity contribution is -0.143. The molecule has 0 saturated carbocycles. The van der Waals surface area contributed by atoms with E-state index in [0.717, 1.165) is 49.2 Å². The lowest BCUT2D eigenvalue weighted by Crippen LogP contribution is -2.26. The molecular weight excluding hydrogens is 442 g/mol. The molecule has 4 amide bonds. The Kier molecular flexibility index (Phi) is 30.6. The van der Waals surface area contributed by atoms with Crippen LogP contribution in [0.4, 0.5) is 0 Å². The van der Waals surface area contributed by atoms with E-state index >= 15 is 0 Å². The predicted octanol–water partition coefficient (Wildman–Crippen LogP) is 0.286. The SMILES string of the molecule is C.NCCSSCCN.NCCSSCCNC=O.O=CN1C(=O)CCC1=O. The molecule has 0 bridgehead atoms. The molecule has 1 aliphatic rings. The maximum absolute atomic E-state index is 10.5. The third-order valence-corrected chi connectivity index (χ3v) is 7.29. The Morgan fingerprint density at radius 3 is 1.50 bits per heavy atom. The maximum atomic E-state index is 10.5. The van der Waals surface area contributed by atoms with Crippen LogP contribution in [0.2, 0.25) is 0 Å². The highest BCUT2D eigenvalue weighted by Crippen LogP contribution is 2.19. The van der Waals surface area contributed by atoms with Gasteiger partial charge in [-0.1, -0.05) is 50.6 Å². The lowest BCUT2D eigenvalue weighted by atomic mass is 10.4. The standard InChI is InChI=1S/C5H12N2OS2.C5H5NO3.C4H12N2S2.CH4/c6-1-3-9-10-4-2-7-5-8;7-3-6-4(8)1-2-5(6)9;5-1-3-7-8-4-2-6;/h5H,1-4,6H2,(H,7,8);3H,1-2H2;1-6H2;1H4. The van der Waals surface area contributed by atoms with Crippen LogP contribution in [0.1, 0.15) is 20.3 Å². The Bertz CT molecular complexity index is 387.